The lowest BCUT2D eigenvalue weighted by Crippen LogP contribution is -2.33. The molecule has 3 rings (SSSR count). The van der Waals surface area contributed by atoms with Gasteiger partial charge in [0.15, 0.2) is 5.69 Å². The number of benzene rings is 1. The minimum atomic E-state index is -0.843. The van der Waals surface area contributed by atoms with E-state index < -0.39 is 17.8 Å². The summed E-state index contributed by atoms with van der Waals surface area (Å²) in [6, 6.07) is 9.65. The van der Waals surface area contributed by atoms with Gasteiger partial charge in [-0.05, 0) is 36.2 Å². The van der Waals surface area contributed by atoms with Crippen molar-refractivity contribution in [1.82, 2.24) is 10.0 Å². The number of imide groups is 1. The first kappa shape index (κ1) is 13.9. The molecule has 0 fully saturated rings. The van der Waals surface area contributed by atoms with E-state index in [4.69, 9.17) is 4.84 Å². The van der Waals surface area contributed by atoms with Crippen molar-refractivity contribution >= 4 is 17.8 Å². The number of carbonyl (C=O) groups is 3. The van der Waals surface area contributed by atoms with Crippen LogP contribution in [0.5, 0.6) is 0 Å². The van der Waals surface area contributed by atoms with Gasteiger partial charge in [0.25, 0.3) is 11.8 Å². The highest BCUT2D eigenvalue weighted by molar-refractivity contribution is 6.21. The van der Waals surface area contributed by atoms with E-state index in [-0.39, 0.29) is 16.8 Å². The van der Waals surface area contributed by atoms with E-state index in [0.29, 0.717) is 5.06 Å². The Hall–Kier alpha value is -3.02. The lowest BCUT2D eigenvalue weighted by Gasteiger charge is -2.12. The summed E-state index contributed by atoms with van der Waals surface area (Å²) in [5.41, 5.74) is 1.39. The van der Waals surface area contributed by atoms with Crippen molar-refractivity contribution in [2.24, 2.45) is 0 Å². The molecule has 0 spiro atoms. The van der Waals surface area contributed by atoms with E-state index in [1.54, 1.807) is 24.3 Å². The number of carbonyl (C=O) groups excluding carboxylic acids is 3. The number of fused-ring (bicyclic) bond motifs is 1. The van der Waals surface area contributed by atoms with Gasteiger partial charge >= 0.3 is 5.97 Å². The number of hydrogen-bond acceptors (Lipinski definition) is 5. The Balaban J connectivity index is 1.84. The van der Waals surface area contributed by atoms with Crippen LogP contribution < -0.4 is 0 Å². The molecule has 1 aromatic carbocycles. The van der Waals surface area contributed by atoms with Crippen molar-refractivity contribution < 1.29 is 19.2 Å². The van der Waals surface area contributed by atoms with Crippen LogP contribution in [0.25, 0.3) is 0 Å². The molecule has 0 aliphatic carbocycles. The number of amides is 2. The second-order valence-corrected chi connectivity index (χ2v) is 4.73. The molecule has 0 saturated carbocycles. The average molecular weight is 296 g/mol. The summed E-state index contributed by atoms with van der Waals surface area (Å²) in [7, 11) is 0. The average Bonchev–Trinajstić information content (AvgIpc) is 2.80. The summed E-state index contributed by atoms with van der Waals surface area (Å²) in [5, 5.41) is 0.479. The third-order valence-electron chi connectivity index (χ3n) is 3.37. The smallest absolute Gasteiger partial charge is 0.323 e. The molecule has 110 valence electrons. The quantitative estimate of drug-likeness (QED) is 0.810. The van der Waals surface area contributed by atoms with Crippen molar-refractivity contribution in [2.45, 2.75) is 13.3 Å². The highest BCUT2D eigenvalue weighted by Crippen LogP contribution is 2.23. The first-order valence-electron chi connectivity index (χ1n) is 6.77. The highest BCUT2D eigenvalue weighted by atomic mass is 16.7. The number of hydroxylamine groups is 2. The SMILES string of the molecule is CCc1ccnc(C(=O)ON2C(=O)c3ccccc3C2=O)c1. The monoisotopic (exact) mass is 296 g/mol. The van der Waals surface area contributed by atoms with Gasteiger partial charge in [-0.3, -0.25) is 9.59 Å². The van der Waals surface area contributed by atoms with Gasteiger partial charge in [0.1, 0.15) is 0 Å². The normalized spacial score (nSPS) is 13.2. The molecule has 2 heterocycles. The maximum atomic E-state index is 12.1. The summed E-state index contributed by atoms with van der Waals surface area (Å²) in [6.07, 6.45) is 2.22. The van der Waals surface area contributed by atoms with Gasteiger partial charge in [0.2, 0.25) is 0 Å². The summed E-state index contributed by atoms with van der Waals surface area (Å²) < 4.78 is 0. The number of pyridine rings is 1. The molecule has 0 saturated heterocycles. The summed E-state index contributed by atoms with van der Waals surface area (Å²) in [4.78, 5) is 45.1. The second-order valence-electron chi connectivity index (χ2n) is 4.73. The Morgan fingerprint density at radius 2 is 1.77 bits per heavy atom. The van der Waals surface area contributed by atoms with E-state index in [2.05, 4.69) is 4.98 Å². The van der Waals surface area contributed by atoms with Crippen LogP contribution in [0.15, 0.2) is 42.6 Å². The molecule has 1 aliphatic rings. The fourth-order valence-electron chi connectivity index (χ4n) is 2.19. The Morgan fingerprint density at radius 1 is 1.14 bits per heavy atom. The van der Waals surface area contributed by atoms with Crippen molar-refractivity contribution in [3.63, 3.8) is 0 Å². The van der Waals surface area contributed by atoms with E-state index in [0.717, 1.165) is 12.0 Å². The van der Waals surface area contributed by atoms with E-state index in [9.17, 15) is 14.4 Å². The van der Waals surface area contributed by atoms with Crippen LogP contribution in [0.3, 0.4) is 0 Å². The van der Waals surface area contributed by atoms with Gasteiger partial charge in [0.05, 0.1) is 11.1 Å². The van der Waals surface area contributed by atoms with Gasteiger partial charge in [-0.2, -0.15) is 0 Å². The Kier molecular flexibility index (Phi) is 3.42. The third kappa shape index (κ3) is 2.24. The van der Waals surface area contributed by atoms with Crippen LogP contribution in [0.1, 0.15) is 43.7 Å². The molecule has 1 aliphatic heterocycles. The summed E-state index contributed by atoms with van der Waals surface area (Å²) >= 11 is 0. The molecule has 0 bridgehead atoms. The molecule has 1 aromatic heterocycles. The molecule has 6 heteroatoms. The number of aryl methyl sites for hydroxylation is 1. The van der Waals surface area contributed by atoms with Crippen LogP contribution in [0.4, 0.5) is 0 Å². The fourth-order valence-corrected chi connectivity index (χ4v) is 2.19. The second kappa shape index (κ2) is 5.40. The molecular weight excluding hydrogens is 284 g/mol. The van der Waals surface area contributed by atoms with E-state index in [1.807, 2.05) is 6.92 Å². The molecule has 0 atom stereocenters. The highest BCUT2D eigenvalue weighted by Gasteiger charge is 2.38. The lowest BCUT2D eigenvalue weighted by molar-refractivity contribution is -0.0588. The molecule has 2 amide bonds. The zero-order valence-corrected chi connectivity index (χ0v) is 11.8. The topological polar surface area (TPSA) is 76.6 Å². The maximum Gasteiger partial charge on any atom is 0.382 e. The number of hydrogen-bond donors (Lipinski definition) is 0. The fraction of sp³-hybridized carbons (Fsp3) is 0.125. The van der Waals surface area contributed by atoms with Crippen LogP contribution >= 0.6 is 0 Å². The van der Waals surface area contributed by atoms with Gasteiger partial charge < -0.3 is 4.84 Å². The van der Waals surface area contributed by atoms with Crippen LogP contribution in [0.2, 0.25) is 0 Å². The number of nitrogens with zero attached hydrogens (tertiary/aromatic N) is 2. The van der Waals surface area contributed by atoms with E-state index in [1.165, 1.54) is 18.3 Å². The molecule has 22 heavy (non-hydrogen) atoms. The summed E-state index contributed by atoms with van der Waals surface area (Å²) in [5.74, 6) is -2.15. The minimum absolute atomic E-state index is 0.0518. The molecule has 0 unspecified atom stereocenters. The predicted octanol–water partition coefficient (Wildman–Crippen LogP) is 2.01. The van der Waals surface area contributed by atoms with Crippen molar-refractivity contribution in [2.75, 3.05) is 0 Å². The molecule has 6 nitrogen and oxygen atoms in total. The van der Waals surface area contributed by atoms with Crippen molar-refractivity contribution in [3.05, 3.63) is 65.0 Å². The lowest BCUT2D eigenvalue weighted by atomic mass is 10.1. The van der Waals surface area contributed by atoms with Gasteiger partial charge in [0, 0.05) is 6.20 Å². The third-order valence-corrected chi connectivity index (χ3v) is 3.37. The molecular formula is C16H12N2O4. The Labute approximate surface area is 126 Å². The number of aromatic nitrogens is 1. The minimum Gasteiger partial charge on any atom is -0.323 e. The van der Waals surface area contributed by atoms with Gasteiger partial charge in [-0.1, -0.05) is 24.1 Å². The Bertz CT molecular complexity index is 750. The van der Waals surface area contributed by atoms with Crippen LogP contribution in [-0.4, -0.2) is 27.8 Å². The first-order valence-corrected chi connectivity index (χ1v) is 6.77. The standard InChI is InChI=1S/C16H12N2O4/c1-2-10-7-8-17-13(9-10)16(21)22-18-14(19)11-5-3-4-6-12(11)15(18)20/h3-9H,2H2,1H3. The van der Waals surface area contributed by atoms with Crippen LogP contribution in [-0.2, 0) is 11.3 Å². The summed E-state index contributed by atoms with van der Waals surface area (Å²) in [6.45, 7) is 1.94. The molecule has 0 radical (unpaired) electrons. The van der Waals surface area contributed by atoms with Crippen molar-refractivity contribution in [1.29, 1.82) is 0 Å². The van der Waals surface area contributed by atoms with Gasteiger partial charge in [-0.25, -0.2) is 9.78 Å². The first-order chi connectivity index (χ1) is 10.6. The van der Waals surface area contributed by atoms with Crippen LogP contribution in [0, 0.1) is 0 Å². The zero-order valence-electron chi connectivity index (χ0n) is 11.8. The maximum absolute atomic E-state index is 12.1. The molecule has 2 aromatic rings. The zero-order chi connectivity index (χ0) is 15.7. The molecule has 0 N–H and O–H groups in total. The van der Waals surface area contributed by atoms with Gasteiger partial charge in [-0.15, -0.1) is 0 Å². The van der Waals surface area contributed by atoms with E-state index >= 15 is 0 Å². The van der Waals surface area contributed by atoms with Crippen molar-refractivity contribution in [3.8, 4) is 0 Å². The Morgan fingerprint density at radius 3 is 2.36 bits per heavy atom. The predicted molar refractivity (Wildman–Crippen MR) is 76.0 cm³/mol. The number of rotatable bonds is 3. The largest absolute Gasteiger partial charge is 0.382 e.